The van der Waals surface area contributed by atoms with E-state index in [-0.39, 0.29) is 6.04 Å². The summed E-state index contributed by atoms with van der Waals surface area (Å²) in [5.74, 6) is 0. The topological polar surface area (TPSA) is 44.5 Å². The van der Waals surface area contributed by atoms with Gasteiger partial charge in [-0.2, -0.15) is 0 Å². The van der Waals surface area contributed by atoms with Gasteiger partial charge in [-0.05, 0) is 37.6 Å². The predicted molar refractivity (Wildman–Crippen MR) is 79.9 cm³/mol. The zero-order chi connectivity index (χ0) is 13.8. The molecule has 0 amide bonds. The number of hydrazine groups is 1. The lowest BCUT2D eigenvalue weighted by Gasteiger charge is -2.35. The SMILES string of the molecule is Cc1ccc(C(CN)NN2CCN(C)CC2)cc1C. The Labute approximate surface area is 116 Å². The Morgan fingerprint density at radius 1 is 1.16 bits per heavy atom. The molecule has 1 aromatic rings. The second-order valence-electron chi connectivity index (χ2n) is 5.55. The summed E-state index contributed by atoms with van der Waals surface area (Å²) in [6, 6.07) is 6.82. The normalized spacial score (nSPS) is 19.6. The second-order valence-corrected chi connectivity index (χ2v) is 5.55. The van der Waals surface area contributed by atoms with Crippen molar-refractivity contribution in [2.45, 2.75) is 19.9 Å². The highest BCUT2D eigenvalue weighted by atomic mass is 15.5. The minimum absolute atomic E-state index is 0.211. The van der Waals surface area contributed by atoms with Crippen molar-refractivity contribution < 1.29 is 0 Å². The van der Waals surface area contributed by atoms with E-state index >= 15 is 0 Å². The molecule has 1 unspecified atom stereocenters. The van der Waals surface area contributed by atoms with E-state index < -0.39 is 0 Å². The van der Waals surface area contributed by atoms with Gasteiger partial charge in [-0.1, -0.05) is 18.2 Å². The van der Waals surface area contributed by atoms with Gasteiger partial charge in [-0.3, -0.25) is 0 Å². The largest absolute Gasteiger partial charge is 0.329 e. The quantitative estimate of drug-likeness (QED) is 0.851. The molecule has 0 radical (unpaired) electrons. The molecule has 4 heteroatoms. The Kier molecular flexibility index (Phi) is 4.93. The van der Waals surface area contributed by atoms with Crippen LogP contribution >= 0.6 is 0 Å². The van der Waals surface area contributed by atoms with Crippen LogP contribution in [0.4, 0.5) is 0 Å². The van der Waals surface area contributed by atoms with Crippen molar-refractivity contribution in [3.63, 3.8) is 0 Å². The fourth-order valence-corrected chi connectivity index (χ4v) is 2.40. The van der Waals surface area contributed by atoms with E-state index in [0.29, 0.717) is 6.54 Å². The summed E-state index contributed by atoms with van der Waals surface area (Å²) in [6.07, 6.45) is 0. The van der Waals surface area contributed by atoms with Crippen molar-refractivity contribution in [2.24, 2.45) is 5.73 Å². The summed E-state index contributed by atoms with van der Waals surface area (Å²) < 4.78 is 0. The van der Waals surface area contributed by atoms with Crippen LogP contribution in [-0.4, -0.2) is 49.7 Å². The van der Waals surface area contributed by atoms with Gasteiger partial charge < -0.3 is 10.6 Å². The minimum Gasteiger partial charge on any atom is -0.329 e. The Hall–Kier alpha value is -0.940. The number of hydrogen-bond acceptors (Lipinski definition) is 4. The van der Waals surface area contributed by atoms with Gasteiger partial charge >= 0.3 is 0 Å². The molecule has 1 aromatic carbocycles. The highest BCUT2D eigenvalue weighted by Crippen LogP contribution is 2.17. The summed E-state index contributed by atoms with van der Waals surface area (Å²) in [5, 5.41) is 2.30. The van der Waals surface area contributed by atoms with Crippen molar-refractivity contribution in [1.82, 2.24) is 15.3 Å². The summed E-state index contributed by atoms with van der Waals surface area (Å²) in [4.78, 5) is 2.35. The molecular formula is C15H26N4. The number of nitrogens with one attached hydrogen (secondary N) is 1. The van der Waals surface area contributed by atoms with Gasteiger partial charge in [0, 0.05) is 32.7 Å². The van der Waals surface area contributed by atoms with Gasteiger partial charge in [-0.15, -0.1) is 0 Å². The van der Waals surface area contributed by atoms with Gasteiger partial charge in [0.1, 0.15) is 0 Å². The Morgan fingerprint density at radius 3 is 2.42 bits per heavy atom. The van der Waals surface area contributed by atoms with E-state index in [1.54, 1.807) is 0 Å². The van der Waals surface area contributed by atoms with E-state index in [2.05, 4.69) is 54.4 Å². The minimum atomic E-state index is 0.211. The Morgan fingerprint density at radius 2 is 1.84 bits per heavy atom. The maximum absolute atomic E-state index is 5.94. The first kappa shape index (κ1) is 14.5. The molecule has 1 fully saturated rings. The van der Waals surface area contributed by atoms with Crippen LogP contribution in [0.2, 0.25) is 0 Å². The average Bonchev–Trinajstić information content (AvgIpc) is 2.41. The molecule has 0 saturated carbocycles. The van der Waals surface area contributed by atoms with E-state index in [0.717, 1.165) is 26.2 Å². The number of rotatable bonds is 4. The number of nitrogens with zero attached hydrogens (tertiary/aromatic N) is 2. The maximum Gasteiger partial charge on any atom is 0.0587 e. The van der Waals surface area contributed by atoms with Crippen LogP contribution in [-0.2, 0) is 0 Å². The monoisotopic (exact) mass is 262 g/mol. The molecular weight excluding hydrogens is 236 g/mol. The lowest BCUT2D eigenvalue weighted by molar-refractivity contribution is 0.0880. The zero-order valence-corrected chi connectivity index (χ0v) is 12.3. The second kappa shape index (κ2) is 6.48. The molecule has 1 heterocycles. The maximum atomic E-state index is 5.94. The molecule has 1 aliphatic rings. The molecule has 1 aliphatic heterocycles. The molecule has 0 aromatic heterocycles. The summed E-state index contributed by atoms with van der Waals surface area (Å²) in [6.45, 7) is 9.24. The van der Waals surface area contributed by atoms with Crippen molar-refractivity contribution in [2.75, 3.05) is 39.8 Å². The fraction of sp³-hybridized carbons (Fsp3) is 0.600. The molecule has 19 heavy (non-hydrogen) atoms. The van der Waals surface area contributed by atoms with Crippen molar-refractivity contribution in [1.29, 1.82) is 0 Å². The molecule has 4 nitrogen and oxygen atoms in total. The first-order valence-electron chi connectivity index (χ1n) is 7.07. The zero-order valence-electron chi connectivity index (χ0n) is 12.3. The van der Waals surface area contributed by atoms with Gasteiger partial charge in [0.2, 0.25) is 0 Å². The molecule has 0 aliphatic carbocycles. The third-order valence-electron chi connectivity index (χ3n) is 4.01. The number of benzene rings is 1. The molecule has 1 saturated heterocycles. The first-order valence-corrected chi connectivity index (χ1v) is 7.07. The van der Waals surface area contributed by atoms with Crippen molar-refractivity contribution >= 4 is 0 Å². The number of likely N-dealkylation sites (N-methyl/N-ethyl adjacent to an activating group) is 1. The van der Waals surface area contributed by atoms with Crippen molar-refractivity contribution in [3.05, 3.63) is 34.9 Å². The number of hydrogen-bond donors (Lipinski definition) is 2. The van der Waals surface area contributed by atoms with Crippen LogP contribution in [0.25, 0.3) is 0 Å². The molecule has 106 valence electrons. The molecule has 2 rings (SSSR count). The summed E-state index contributed by atoms with van der Waals surface area (Å²) in [5.41, 5.74) is 13.5. The molecule has 0 bridgehead atoms. The van der Waals surface area contributed by atoms with Crippen LogP contribution < -0.4 is 11.2 Å². The van der Waals surface area contributed by atoms with E-state index in [1.807, 2.05) is 0 Å². The third kappa shape index (κ3) is 3.76. The highest BCUT2D eigenvalue weighted by Gasteiger charge is 2.18. The molecule has 3 N–H and O–H groups in total. The van der Waals surface area contributed by atoms with Crippen LogP contribution in [0.15, 0.2) is 18.2 Å². The average molecular weight is 262 g/mol. The van der Waals surface area contributed by atoms with Crippen LogP contribution in [0, 0.1) is 13.8 Å². The van der Waals surface area contributed by atoms with Crippen LogP contribution in [0.3, 0.4) is 0 Å². The van der Waals surface area contributed by atoms with Gasteiger partial charge in [0.15, 0.2) is 0 Å². The lowest BCUT2D eigenvalue weighted by Crippen LogP contribution is -2.52. The molecule has 0 spiro atoms. The van der Waals surface area contributed by atoms with Crippen LogP contribution in [0.1, 0.15) is 22.7 Å². The fourth-order valence-electron chi connectivity index (χ4n) is 2.40. The summed E-state index contributed by atoms with van der Waals surface area (Å²) >= 11 is 0. The Bertz CT molecular complexity index is 411. The van der Waals surface area contributed by atoms with E-state index in [1.165, 1.54) is 16.7 Å². The van der Waals surface area contributed by atoms with E-state index in [9.17, 15) is 0 Å². The van der Waals surface area contributed by atoms with Gasteiger partial charge in [-0.25, -0.2) is 10.4 Å². The van der Waals surface area contributed by atoms with Gasteiger partial charge in [0.05, 0.1) is 6.04 Å². The predicted octanol–water partition coefficient (Wildman–Crippen LogP) is 1.06. The van der Waals surface area contributed by atoms with Gasteiger partial charge in [0.25, 0.3) is 0 Å². The van der Waals surface area contributed by atoms with Crippen molar-refractivity contribution in [3.8, 4) is 0 Å². The highest BCUT2D eigenvalue weighted by molar-refractivity contribution is 5.31. The molecule has 1 atom stereocenters. The third-order valence-corrected chi connectivity index (χ3v) is 4.01. The number of aryl methyl sites for hydroxylation is 2. The number of nitrogens with two attached hydrogens (primary N) is 1. The lowest BCUT2D eigenvalue weighted by atomic mass is 10.0. The Balaban J connectivity index is 2.01. The standard InChI is InChI=1S/C15H26N4/c1-12-4-5-14(10-13(12)2)15(11-16)17-19-8-6-18(3)7-9-19/h4-5,10,15,17H,6-9,11,16H2,1-3H3. The van der Waals surface area contributed by atoms with E-state index in [4.69, 9.17) is 5.73 Å². The first-order chi connectivity index (χ1) is 9.10. The van der Waals surface area contributed by atoms with Crippen LogP contribution in [0.5, 0.6) is 0 Å². The number of piperazine rings is 1. The summed E-state index contributed by atoms with van der Waals surface area (Å²) in [7, 11) is 2.17. The smallest absolute Gasteiger partial charge is 0.0587 e.